The number of ether oxygens (including phenoxy) is 3. The maximum absolute atomic E-state index is 12.5. The van der Waals surface area contributed by atoms with Crippen LogP contribution in [0.15, 0.2) is 0 Å². The maximum Gasteiger partial charge on any atom is 0.302 e. The lowest BCUT2D eigenvalue weighted by Gasteiger charge is -2.69. The molecule has 0 aromatic rings. The Bertz CT molecular complexity index is 790. The monoisotopic (exact) mass is 433 g/mol. The number of methoxy groups -OCH3 is 2. The standard InChI is InChI=1S/C25H39NO5/c1-6-26-12-23(3)8-7-19(30-5)25-15-9-14-17(29-4)11-24(28,16(22(25)26)10-18(23)25)20(15)21(14)31-13(2)27/h14-22,28H,6-12H2,1-5H3/t14-,15-,16+,17+,18-,19+,20-,21+,22-,23+,24+,25?/m1/s1. The molecule has 6 heteroatoms. The van der Waals surface area contributed by atoms with Gasteiger partial charge in [0.1, 0.15) is 6.10 Å². The van der Waals surface area contributed by atoms with Crippen LogP contribution in [-0.2, 0) is 19.0 Å². The number of esters is 1. The van der Waals surface area contributed by atoms with Crippen LogP contribution in [0.1, 0.15) is 52.9 Å². The minimum atomic E-state index is -0.845. The molecular weight excluding hydrogens is 394 g/mol. The number of fused-ring (bicyclic) bond motifs is 2. The molecule has 6 rings (SSSR count). The zero-order valence-electron chi connectivity index (χ0n) is 19.7. The molecule has 1 heterocycles. The summed E-state index contributed by atoms with van der Waals surface area (Å²) in [7, 11) is 3.65. The molecule has 1 N–H and O–H groups in total. The first-order valence-corrected chi connectivity index (χ1v) is 12.5. The van der Waals surface area contributed by atoms with Crippen molar-refractivity contribution in [1.29, 1.82) is 0 Å². The zero-order valence-corrected chi connectivity index (χ0v) is 19.7. The van der Waals surface area contributed by atoms with Crippen LogP contribution in [0, 0.1) is 40.4 Å². The third-order valence-corrected chi connectivity index (χ3v) is 11.2. The first-order chi connectivity index (χ1) is 14.8. The summed E-state index contributed by atoms with van der Waals surface area (Å²) >= 11 is 0. The SMILES string of the molecule is CCN1C[C@]2(C)CC[C@H](OC)C34[C@@H]5C[C@H]6[C@H](OC(C)=O)[C@@H]5[C@](O)(C[C@@H]6OC)[C@@H](C[C@@H]32)[C@@H]14. The molecule has 1 spiro atoms. The van der Waals surface area contributed by atoms with E-state index in [0.29, 0.717) is 24.3 Å². The summed E-state index contributed by atoms with van der Waals surface area (Å²) in [4.78, 5) is 14.8. The van der Waals surface area contributed by atoms with Crippen molar-refractivity contribution in [3.05, 3.63) is 0 Å². The van der Waals surface area contributed by atoms with E-state index in [4.69, 9.17) is 14.2 Å². The zero-order chi connectivity index (χ0) is 21.9. The number of hydrogen-bond acceptors (Lipinski definition) is 6. The minimum absolute atomic E-state index is 0.00384. The Morgan fingerprint density at radius 3 is 2.61 bits per heavy atom. The number of rotatable bonds is 4. The highest BCUT2D eigenvalue weighted by Gasteiger charge is 2.83. The largest absolute Gasteiger partial charge is 0.462 e. The molecule has 0 amide bonds. The van der Waals surface area contributed by atoms with Gasteiger partial charge in [0, 0.05) is 63.3 Å². The lowest BCUT2D eigenvalue weighted by molar-refractivity contribution is -0.271. The number of carbonyl (C=O) groups is 1. The number of likely N-dealkylation sites (tertiary alicyclic amines) is 1. The van der Waals surface area contributed by atoms with Crippen LogP contribution in [0.3, 0.4) is 0 Å². The van der Waals surface area contributed by atoms with E-state index < -0.39 is 5.60 Å². The number of carbonyl (C=O) groups excluding carboxylic acids is 1. The maximum atomic E-state index is 12.5. The molecule has 0 aromatic carbocycles. The Hall–Kier alpha value is -0.690. The fraction of sp³-hybridized carbons (Fsp3) is 0.960. The van der Waals surface area contributed by atoms with Crippen LogP contribution in [0.4, 0.5) is 0 Å². The average molecular weight is 434 g/mol. The van der Waals surface area contributed by atoms with Gasteiger partial charge in [0.15, 0.2) is 0 Å². The summed E-state index contributed by atoms with van der Waals surface area (Å²) in [6.45, 7) is 8.43. The summed E-state index contributed by atoms with van der Waals surface area (Å²) in [5.74, 6) is 0.979. The van der Waals surface area contributed by atoms with Gasteiger partial charge in [-0.1, -0.05) is 13.8 Å². The molecule has 5 saturated carbocycles. The fourth-order valence-corrected chi connectivity index (χ4v) is 10.7. The third kappa shape index (κ3) is 2.22. The van der Waals surface area contributed by atoms with E-state index in [1.165, 1.54) is 13.3 Å². The molecule has 1 unspecified atom stereocenters. The highest BCUT2D eigenvalue weighted by molar-refractivity contribution is 5.66. The molecule has 174 valence electrons. The number of piperidine rings is 1. The van der Waals surface area contributed by atoms with Gasteiger partial charge in [-0.3, -0.25) is 9.69 Å². The van der Waals surface area contributed by atoms with E-state index in [0.717, 1.165) is 32.4 Å². The second-order valence-electron chi connectivity index (χ2n) is 11.9. The molecule has 31 heavy (non-hydrogen) atoms. The van der Waals surface area contributed by atoms with Crippen LogP contribution in [0.5, 0.6) is 0 Å². The summed E-state index contributed by atoms with van der Waals surface area (Å²) in [6, 6.07) is 0.347. The van der Waals surface area contributed by atoms with E-state index in [9.17, 15) is 9.90 Å². The van der Waals surface area contributed by atoms with Gasteiger partial charge in [-0.15, -0.1) is 0 Å². The van der Waals surface area contributed by atoms with Crippen molar-refractivity contribution in [2.24, 2.45) is 40.4 Å². The molecule has 5 aliphatic carbocycles. The average Bonchev–Trinajstić information content (AvgIpc) is 3.17. The molecular formula is C25H39NO5. The summed E-state index contributed by atoms with van der Waals surface area (Å²) in [5.41, 5.74) is -0.545. The highest BCUT2D eigenvalue weighted by atomic mass is 16.5. The first-order valence-electron chi connectivity index (χ1n) is 12.5. The van der Waals surface area contributed by atoms with Crippen molar-refractivity contribution in [3.63, 3.8) is 0 Å². The smallest absolute Gasteiger partial charge is 0.302 e. The number of nitrogens with zero attached hydrogens (tertiary/aromatic N) is 1. The fourth-order valence-electron chi connectivity index (χ4n) is 10.7. The molecule has 0 aromatic heterocycles. The van der Waals surface area contributed by atoms with Crippen molar-refractivity contribution in [1.82, 2.24) is 4.90 Å². The lowest BCUT2D eigenvalue weighted by Crippen LogP contribution is -2.75. The number of hydrogen-bond donors (Lipinski definition) is 1. The molecule has 6 nitrogen and oxygen atoms in total. The van der Waals surface area contributed by atoms with Crippen LogP contribution in [0.2, 0.25) is 0 Å². The van der Waals surface area contributed by atoms with Crippen molar-refractivity contribution in [2.45, 2.75) is 82.8 Å². The summed E-state index contributed by atoms with van der Waals surface area (Å²) in [5, 5.41) is 12.5. The quantitative estimate of drug-likeness (QED) is 0.687. The first kappa shape index (κ1) is 20.9. The predicted octanol–water partition coefficient (Wildman–Crippen LogP) is 2.48. The van der Waals surface area contributed by atoms with E-state index in [2.05, 4.69) is 18.7 Å². The molecule has 1 aliphatic heterocycles. The van der Waals surface area contributed by atoms with Crippen molar-refractivity contribution >= 4 is 5.97 Å². The second-order valence-corrected chi connectivity index (χ2v) is 11.9. The number of aliphatic hydroxyl groups is 1. The van der Waals surface area contributed by atoms with Gasteiger partial charge >= 0.3 is 5.97 Å². The van der Waals surface area contributed by atoms with E-state index in [1.807, 2.05) is 7.11 Å². The highest BCUT2D eigenvalue weighted by Crippen LogP contribution is 2.79. The van der Waals surface area contributed by atoms with Crippen molar-refractivity contribution in [3.8, 4) is 0 Å². The molecule has 0 radical (unpaired) electrons. The summed E-state index contributed by atoms with van der Waals surface area (Å²) in [6.07, 6.45) is 4.91. The van der Waals surface area contributed by atoms with Crippen molar-refractivity contribution < 1.29 is 24.1 Å². The Kier molecular flexibility index (Phi) is 4.35. The Balaban J connectivity index is 1.57. The normalized spacial score (nSPS) is 59.0. The predicted molar refractivity (Wildman–Crippen MR) is 114 cm³/mol. The van der Waals surface area contributed by atoms with Gasteiger partial charge in [-0.2, -0.15) is 0 Å². The van der Waals surface area contributed by atoms with Crippen LogP contribution < -0.4 is 0 Å². The second kappa shape index (κ2) is 6.46. The van der Waals surface area contributed by atoms with Gasteiger partial charge in [-0.25, -0.2) is 0 Å². The Morgan fingerprint density at radius 1 is 1.19 bits per heavy atom. The lowest BCUT2D eigenvalue weighted by atomic mass is 9.43. The third-order valence-electron chi connectivity index (χ3n) is 11.2. The molecule has 7 bridgehead atoms. The molecule has 1 saturated heterocycles. The van der Waals surface area contributed by atoms with Gasteiger partial charge in [-0.05, 0) is 49.5 Å². The van der Waals surface area contributed by atoms with E-state index in [1.54, 1.807) is 7.11 Å². The van der Waals surface area contributed by atoms with Crippen LogP contribution in [-0.4, -0.2) is 73.2 Å². The van der Waals surface area contributed by atoms with E-state index >= 15 is 0 Å². The van der Waals surface area contributed by atoms with Crippen LogP contribution in [0.25, 0.3) is 0 Å². The van der Waals surface area contributed by atoms with Gasteiger partial charge in [0.25, 0.3) is 0 Å². The minimum Gasteiger partial charge on any atom is -0.462 e. The van der Waals surface area contributed by atoms with Crippen molar-refractivity contribution in [2.75, 3.05) is 27.3 Å². The Morgan fingerprint density at radius 2 is 1.97 bits per heavy atom. The van der Waals surface area contributed by atoms with Gasteiger partial charge in [0.2, 0.25) is 0 Å². The Labute approximate surface area is 186 Å². The van der Waals surface area contributed by atoms with Crippen LogP contribution >= 0.6 is 0 Å². The topological polar surface area (TPSA) is 68.2 Å². The summed E-state index contributed by atoms with van der Waals surface area (Å²) < 4.78 is 18.3. The molecule has 6 fully saturated rings. The van der Waals surface area contributed by atoms with Gasteiger partial charge in [0.05, 0.1) is 17.8 Å². The van der Waals surface area contributed by atoms with E-state index in [-0.39, 0.29) is 52.9 Å². The molecule has 12 atom stereocenters. The molecule has 6 aliphatic rings. The van der Waals surface area contributed by atoms with Gasteiger partial charge < -0.3 is 19.3 Å².